The number of hydrogen-bond acceptors (Lipinski definition) is 19. The standard InChI is InChI=1S/C22H22N2O2.4C22H23NO4/c23-17-19-9-4-10-21(16-19)26-20-12-14-24(15-13-20)22(25)11-5-8-18-6-2-1-3-7-18;2*1-3-20(24)23-12-11-18-16(13-23)22(25)21-15(8-6-10-19(21)27-18)14-7-4-5-9-17(14)26-2;2*1-3-21(24)23-11-10-19-17(13-23)22(25)16-9-8-14(12-20(16)27-19)15-6-4-5-7-18(15)26-2/h1-7,9-11,16,20H,8,12-15H2;2*3-10,16,18,22,25H,1,11-13H2,2H3;2*3-9,12,17,19,22,25H,1,10-11,13H2,2H3/b11-5+;;;;/t;16-,18+,22?;16-,18-,22?;17-,19+,22?;17-,19-,22?/m.1111/s1. The summed E-state index contributed by atoms with van der Waals surface area (Å²) in [5, 5.41) is 53.3. The van der Waals surface area contributed by atoms with E-state index in [0.717, 1.165) is 115 Å². The van der Waals surface area contributed by atoms with Crippen LogP contribution in [-0.2, 0) is 30.4 Å². The van der Waals surface area contributed by atoms with E-state index in [1.54, 1.807) is 66.2 Å². The number of allylic oxidation sites excluding steroid dienone is 1. The Labute approximate surface area is 782 Å². The van der Waals surface area contributed by atoms with Crippen molar-refractivity contribution in [3.63, 3.8) is 0 Å². The number of ether oxygens (including phenoxy) is 9. The molecule has 4 unspecified atom stereocenters. The van der Waals surface area contributed by atoms with Gasteiger partial charge in [-0.05, 0) is 131 Å². The van der Waals surface area contributed by atoms with E-state index in [9.17, 15) is 44.4 Å². The molecule has 24 heteroatoms. The highest BCUT2D eigenvalue weighted by Crippen LogP contribution is 2.52. The number of benzene rings is 10. The highest BCUT2D eigenvalue weighted by Gasteiger charge is 2.48. The van der Waals surface area contributed by atoms with E-state index in [-0.39, 0.29) is 83.7 Å². The van der Waals surface area contributed by atoms with Crippen LogP contribution in [0.3, 0.4) is 0 Å². The van der Waals surface area contributed by atoms with Crippen LogP contribution in [0, 0.1) is 35.0 Å². The molecule has 5 amide bonds. The zero-order valence-electron chi connectivity index (χ0n) is 75.9. The molecule has 692 valence electrons. The van der Waals surface area contributed by atoms with Gasteiger partial charge in [0.1, 0.15) is 82.3 Å². The number of aliphatic hydroxyl groups is 4. The largest absolute Gasteiger partial charge is 0.496 e. The van der Waals surface area contributed by atoms with Gasteiger partial charge < -0.3 is 87.6 Å². The number of piperidine rings is 5. The molecule has 9 aliphatic rings. The number of nitrogens with zero attached hydrogens (tertiary/aromatic N) is 6. The van der Waals surface area contributed by atoms with E-state index in [1.807, 2.05) is 211 Å². The van der Waals surface area contributed by atoms with Crippen molar-refractivity contribution in [2.75, 3.05) is 93.9 Å². The van der Waals surface area contributed by atoms with Gasteiger partial charge in [-0.25, -0.2) is 0 Å². The second-order valence-electron chi connectivity index (χ2n) is 34.3. The fourth-order valence-corrected chi connectivity index (χ4v) is 19.5. The molecule has 0 bridgehead atoms. The smallest absolute Gasteiger partial charge is 0.246 e. The number of nitriles is 1. The fraction of sp³-hybridized carbons (Fsp3) is 0.309. The van der Waals surface area contributed by atoms with E-state index in [2.05, 4.69) is 44.5 Å². The lowest BCUT2D eigenvalue weighted by molar-refractivity contribution is -0.133. The predicted molar refractivity (Wildman–Crippen MR) is 511 cm³/mol. The number of para-hydroxylation sites is 4. The summed E-state index contributed by atoms with van der Waals surface area (Å²) in [6.45, 7) is 19.9. The number of fused-ring (bicyclic) bond motifs is 8. The molecule has 9 aliphatic heterocycles. The maximum Gasteiger partial charge on any atom is 0.246 e. The zero-order valence-corrected chi connectivity index (χ0v) is 75.9. The lowest BCUT2D eigenvalue weighted by Crippen LogP contribution is -2.51. The van der Waals surface area contributed by atoms with Gasteiger partial charge in [0, 0.05) is 172 Å². The van der Waals surface area contributed by atoms with Gasteiger partial charge >= 0.3 is 0 Å². The van der Waals surface area contributed by atoms with E-state index in [1.165, 1.54) is 29.9 Å². The van der Waals surface area contributed by atoms with Gasteiger partial charge in [0.2, 0.25) is 29.5 Å². The number of amides is 5. The van der Waals surface area contributed by atoms with Crippen LogP contribution in [0.1, 0.15) is 96.3 Å². The van der Waals surface area contributed by atoms with Crippen molar-refractivity contribution in [3.05, 3.63) is 321 Å². The number of aliphatic hydroxyl groups excluding tert-OH is 4. The van der Waals surface area contributed by atoms with E-state index >= 15 is 0 Å². The molecule has 10 aromatic carbocycles. The van der Waals surface area contributed by atoms with E-state index < -0.39 is 24.4 Å². The van der Waals surface area contributed by atoms with Gasteiger partial charge in [-0.1, -0.05) is 190 Å². The molecule has 0 aliphatic carbocycles. The average molecular weight is 1810 g/mol. The summed E-state index contributed by atoms with van der Waals surface area (Å²) in [6.07, 6.45) is 10.9. The fourth-order valence-electron chi connectivity index (χ4n) is 19.5. The third kappa shape index (κ3) is 21.1. The van der Waals surface area contributed by atoms with Gasteiger partial charge in [-0.2, -0.15) is 5.26 Å². The lowest BCUT2D eigenvalue weighted by Gasteiger charge is -2.44. The predicted octanol–water partition coefficient (Wildman–Crippen LogP) is 16.5. The Morgan fingerprint density at radius 1 is 0.373 bits per heavy atom. The molecule has 10 aromatic rings. The second kappa shape index (κ2) is 43.9. The first-order valence-corrected chi connectivity index (χ1v) is 45.5. The molecule has 9 heterocycles. The molecule has 0 saturated carbocycles. The maximum atomic E-state index is 12.3. The van der Waals surface area contributed by atoms with Crippen LogP contribution in [0.2, 0.25) is 0 Å². The molecule has 134 heavy (non-hydrogen) atoms. The normalized spacial score (nSPS) is 21.9. The Hall–Kier alpha value is -14.2. The summed E-state index contributed by atoms with van der Waals surface area (Å²) in [7, 11) is 6.58. The van der Waals surface area contributed by atoms with Gasteiger partial charge in [0.25, 0.3) is 0 Å². The quantitative estimate of drug-likeness (QED) is 0.0616. The molecular formula is C110H114N6O18. The Morgan fingerprint density at radius 3 is 1.10 bits per heavy atom. The first-order valence-electron chi connectivity index (χ1n) is 45.5. The van der Waals surface area contributed by atoms with Crippen LogP contribution in [0.4, 0.5) is 0 Å². The monoisotopic (exact) mass is 1810 g/mol. The minimum Gasteiger partial charge on any atom is -0.496 e. The Kier molecular flexibility index (Phi) is 30.9. The Bertz CT molecular complexity index is 5680. The number of methoxy groups -OCH3 is 4. The third-order valence-corrected chi connectivity index (χ3v) is 26.5. The van der Waals surface area contributed by atoms with Gasteiger partial charge in [0.15, 0.2) is 0 Å². The number of likely N-dealkylation sites (tertiary alicyclic amines) is 5. The van der Waals surface area contributed by atoms with Crippen molar-refractivity contribution >= 4 is 29.5 Å². The van der Waals surface area contributed by atoms with Crippen LogP contribution >= 0.6 is 0 Å². The SMILES string of the molecule is C=CC(=O)N1CC[C@@H]2Oc3cc(-c4ccccc4OC)ccc3C(O)[C@@H]2C1.C=CC(=O)N1CC[C@@H]2Oc3cccc(-c4ccccc4OC)c3C(O)[C@@H]2C1.C=CC(=O)N1CC[C@H]2Oc3cc(-c4ccccc4OC)ccc3C(O)[C@@H]2C1.C=CC(=O)N1CC[C@H]2Oc3cccc(-c4ccccc4OC)c3C(O)[C@@H]2C1.N#Cc1cccc(OC2CCN(C(=O)/C=C/Cc3ccccc3)CC2)c1. The van der Waals surface area contributed by atoms with Crippen LogP contribution in [0.25, 0.3) is 44.5 Å². The average Bonchev–Trinajstić information content (AvgIpc) is 0.756. The van der Waals surface area contributed by atoms with Gasteiger partial charge in [0.05, 0.1) is 64.5 Å². The summed E-state index contributed by atoms with van der Waals surface area (Å²) >= 11 is 0. The van der Waals surface area contributed by atoms with Crippen molar-refractivity contribution in [1.29, 1.82) is 5.26 Å². The summed E-state index contributed by atoms with van der Waals surface area (Å²) < 4.78 is 52.9. The Morgan fingerprint density at radius 2 is 0.716 bits per heavy atom. The summed E-state index contributed by atoms with van der Waals surface area (Å²) in [6, 6.07) is 73.9. The molecule has 0 aromatic heterocycles. The Balaban J connectivity index is 0.000000128. The van der Waals surface area contributed by atoms with Crippen LogP contribution in [-0.4, -0.2) is 199 Å². The first kappa shape index (κ1) is 94.4. The number of rotatable bonds is 17. The minimum atomic E-state index is -0.722. The summed E-state index contributed by atoms with van der Waals surface area (Å²) in [5.74, 6) is 5.65. The number of carbonyl (C=O) groups excluding carboxylic acids is 5. The molecule has 5 saturated heterocycles. The first-order chi connectivity index (χ1) is 65.2. The highest BCUT2D eigenvalue weighted by atomic mass is 16.5. The second-order valence-corrected chi connectivity index (χ2v) is 34.3. The molecule has 4 N–H and O–H groups in total. The van der Waals surface area contributed by atoms with E-state index in [0.29, 0.717) is 120 Å². The highest BCUT2D eigenvalue weighted by molar-refractivity contribution is 5.90. The molecule has 19 rings (SSSR count). The molecule has 0 spiro atoms. The topological polar surface area (TPSA) is 289 Å². The summed E-state index contributed by atoms with van der Waals surface area (Å²) in [5.41, 5.74) is 12.4. The van der Waals surface area contributed by atoms with Crippen LogP contribution < -0.4 is 42.6 Å². The van der Waals surface area contributed by atoms with Crippen molar-refractivity contribution < 1.29 is 87.0 Å². The van der Waals surface area contributed by atoms with E-state index in [4.69, 9.17) is 47.9 Å². The van der Waals surface area contributed by atoms with Crippen molar-refractivity contribution in [2.45, 2.75) is 99.9 Å². The van der Waals surface area contributed by atoms with Crippen LogP contribution in [0.15, 0.2) is 287 Å². The molecule has 5 fully saturated rings. The minimum absolute atomic E-state index is 0.0610. The van der Waals surface area contributed by atoms with Crippen molar-refractivity contribution in [3.8, 4) is 102 Å². The molecular weight excluding hydrogens is 1690 g/mol. The van der Waals surface area contributed by atoms with Crippen molar-refractivity contribution in [1.82, 2.24) is 24.5 Å². The third-order valence-electron chi connectivity index (χ3n) is 26.5. The molecule has 12 atom stereocenters. The molecule has 24 nitrogen and oxygen atoms in total. The van der Waals surface area contributed by atoms with Crippen molar-refractivity contribution in [2.24, 2.45) is 23.7 Å². The number of hydrogen-bond donors (Lipinski definition) is 4. The zero-order chi connectivity index (χ0) is 94.1. The van der Waals surface area contributed by atoms with Gasteiger partial charge in [-0.15, -0.1) is 0 Å². The maximum absolute atomic E-state index is 12.3. The van der Waals surface area contributed by atoms with Crippen LogP contribution in [0.5, 0.6) is 51.7 Å². The molecule has 0 radical (unpaired) electrons. The lowest BCUT2D eigenvalue weighted by atomic mass is 9.80. The number of carbonyl (C=O) groups is 5. The summed E-state index contributed by atoms with van der Waals surface area (Å²) in [4.78, 5) is 69.0. The van der Waals surface area contributed by atoms with Gasteiger partial charge in [-0.3, -0.25) is 24.0 Å².